The van der Waals surface area contributed by atoms with Crippen LogP contribution in [0, 0.1) is 0 Å². The second-order valence-corrected chi connectivity index (χ2v) is 6.30. The van der Waals surface area contributed by atoms with Crippen LogP contribution in [-0.4, -0.2) is 12.6 Å². The van der Waals surface area contributed by atoms with Crippen molar-refractivity contribution in [1.29, 1.82) is 0 Å². The molecule has 0 spiro atoms. The summed E-state index contributed by atoms with van der Waals surface area (Å²) in [5, 5.41) is 3.46. The third kappa shape index (κ3) is 5.22. The Bertz CT molecular complexity index is 332. The zero-order chi connectivity index (χ0) is 13.6. The van der Waals surface area contributed by atoms with Crippen LogP contribution in [0.3, 0.4) is 0 Å². The summed E-state index contributed by atoms with van der Waals surface area (Å²) in [5.74, 6) is 0. The maximum absolute atomic E-state index is 3.46. The minimum atomic E-state index is 0.262. The number of aryl methyl sites for hydroxylation is 1. The van der Waals surface area contributed by atoms with Gasteiger partial charge in [-0.2, -0.15) is 0 Å². The first-order valence-corrected chi connectivity index (χ1v) is 7.26. The molecule has 0 aliphatic rings. The van der Waals surface area contributed by atoms with Gasteiger partial charge in [-0.15, -0.1) is 0 Å². The van der Waals surface area contributed by atoms with E-state index in [9.17, 15) is 0 Å². The fourth-order valence-electron chi connectivity index (χ4n) is 2.23. The van der Waals surface area contributed by atoms with E-state index in [4.69, 9.17) is 0 Å². The van der Waals surface area contributed by atoms with Crippen LogP contribution in [0.15, 0.2) is 24.3 Å². The Morgan fingerprint density at radius 1 is 1.11 bits per heavy atom. The van der Waals surface area contributed by atoms with E-state index in [0.29, 0.717) is 6.04 Å². The van der Waals surface area contributed by atoms with E-state index in [0.717, 1.165) is 6.54 Å². The van der Waals surface area contributed by atoms with Gasteiger partial charge in [-0.05, 0) is 49.3 Å². The Morgan fingerprint density at radius 2 is 1.72 bits per heavy atom. The molecule has 1 rings (SSSR count). The molecule has 0 aliphatic carbocycles. The molecule has 1 aromatic rings. The van der Waals surface area contributed by atoms with Gasteiger partial charge in [0.05, 0.1) is 0 Å². The lowest BCUT2D eigenvalue weighted by Gasteiger charge is -2.19. The van der Waals surface area contributed by atoms with Crippen molar-refractivity contribution in [2.75, 3.05) is 6.54 Å². The van der Waals surface area contributed by atoms with Gasteiger partial charge in [-0.25, -0.2) is 0 Å². The normalized spacial score (nSPS) is 13.6. The van der Waals surface area contributed by atoms with Gasteiger partial charge in [0.2, 0.25) is 0 Å². The van der Waals surface area contributed by atoms with Crippen LogP contribution in [-0.2, 0) is 11.8 Å². The highest BCUT2D eigenvalue weighted by molar-refractivity contribution is 5.27. The van der Waals surface area contributed by atoms with Gasteiger partial charge in [-0.3, -0.25) is 0 Å². The molecule has 0 amide bonds. The van der Waals surface area contributed by atoms with Crippen molar-refractivity contribution in [1.82, 2.24) is 5.32 Å². The molecule has 1 heteroatoms. The molecule has 0 bridgehead atoms. The Labute approximate surface area is 113 Å². The maximum Gasteiger partial charge on any atom is 0.00387 e. The third-order valence-corrected chi connectivity index (χ3v) is 3.48. The SMILES string of the molecule is CCNC(C)CCCc1ccc(C(C)(C)C)cc1. The smallest absolute Gasteiger partial charge is 0.00387 e. The highest BCUT2D eigenvalue weighted by Crippen LogP contribution is 2.22. The predicted octanol–water partition coefficient (Wildman–Crippen LogP) is 4.30. The Kier molecular flexibility index (Phi) is 5.87. The molecular formula is C17H29N. The Hall–Kier alpha value is -0.820. The monoisotopic (exact) mass is 247 g/mol. The van der Waals surface area contributed by atoms with Crippen LogP contribution < -0.4 is 5.32 Å². The molecule has 1 N–H and O–H groups in total. The second-order valence-electron chi connectivity index (χ2n) is 6.30. The molecule has 0 aliphatic heterocycles. The van der Waals surface area contributed by atoms with Crippen molar-refractivity contribution < 1.29 is 0 Å². The highest BCUT2D eigenvalue weighted by atomic mass is 14.9. The van der Waals surface area contributed by atoms with Crippen molar-refractivity contribution >= 4 is 0 Å². The van der Waals surface area contributed by atoms with Crippen molar-refractivity contribution in [3.05, 3.63) is 35.4 Å². The first kappa shape index (κ1) is 15.2. The fourth-order valence-corrected chi connectivity index (χ4v) is 2.23. The van der Waals surface area contributed by atoms with Crippen LogP contribution in [0.2, 0.25) is 0 Å². The lowest BCUT2D eigenvalue weighted by Crippen LogP contribution is -2.25. The summed E-state index contributed by atoms with van der Waals surface area (Å²) in [6.45, 7) is 12.3. The van der Waals surface area contributed by atoms with E-state index in [1.165, 1.54) is 30.4 Å². The van der Waals surface area contributed by atoms with E-state index in [1.54, 1.807) is 0 Å². The van der Waals surface area contributed by atoms with Crippen LogP contribution in [0.4, 0.5) is 0 Å². The van der Waals surface area contributed by atoms with Crippen molar-refractivity contribution in [3.63, 3.8) is 0 Å². The van der Waals surface area contributed by atoms with E-state index >= 15 is 0 Å². The zero-order valence-corrected chi connectivity index (χ0v) is 12.7. The Balaban J connectivity index is 2.40. The topological polar surface area (TPSA) is 12.0 Å². The molecule has 1 atom stereocenters. The summed E-state index contributed by atoms with van der Waals surface area (Å²) in [5.41, 5.74) is 3.15. The lowest BCUT2D eigenvalue weighted by atomic mass is 9.86. The number of hydrogen-bond acceptors (Lipinski definition) is 1. The van der Waals surface area contributed by atoms with E-state index in [1.807, 2.05) is 0 Å². The van der Waals surface area contributed by atoms with Crippen LogP contribution in [0.1, 0.15) is 58.6 Å². The predicted molar refractivity (Wildman–Crippen MR) is 81.2 cm³/mol. The number of benzene rings is 1. The van der Waals surface area contributed by atoms with Crippen LogP contribution >= 0.6 is 0 Å². The largest absolute Gasteiger partial charge is 0.315 e. The molecule has 0 saturated carbocycles. The molecule has 0 heterocycles. The summed E-state index contributed by atoms with van der Waals surface area (Å²) in [4.78, 5) is 0. The zero-order valence-electron chi connectivity index (χ0n) is 12.7. The molecular weight excluding hydrogens is 218 g/mol. The molecule has 0 fully saturated rings. The fraction of sp³-hybridized carbons (Fsp3) is 0.647. The number of hydrogen-bond donors (Lipinski definition) is 1. The summed E-state index contributed by atoms with van der Waals surface area (Å²) < 4.78 is 0. The maximum atomic E-state index is 3.46. The first-order valence-electron chi connectivity index (χ1n) is 7.26. The van der Waals surface area contributed by atoms with Crippen molar-refractivity contribution in [2.24, 2.45) is 0 Å². The van der Waals surface area contributed by atoms with Gasteiger partial charge in [0.1, 0.15) is 0 Å². The molecule has 1 aromatic carbocycles. The molecule has 18 heavy (non-hydrogen) atoms. The van der Waals surface area contributed by atoms with Gasteiger partial charge >= 0.3 is 0 Å². The van der Waals surface area contributed by atoms with E-state index in [2.05, 4.69) is 64.2 Å². The van der Waals surface area contributed by atoms with Gasteiger partial charge in [0, 0.05) is 6.04 Å². The van der Waals surface area contributed by atoms with Crippen molar-refractivity contribution in [3.8, 4) is 0 Å². The minimum absolute atomic E-state index is 0.262. The number of nitrogens with one attached hydrogen (secondary N) is 1. The van der Waals surface area contributed by atoms with E-state index < -0.39 is 0 Å². The number of rotatable bonds is 6. The van der Waals surface area contributed by atoms with Gasteiger partial charge < -0.3 is 5.32 Å². The average Bonchev–Trinajstić information content (AvgIpc) is 2.29. The lowest BCUT2D eigenvalue weighted by molar-refractivity contribution is 0.512. The second kappa shape index (κ2) is 6.94. The van der Waals surface area contributed by atoms with Gasteiger partial charge in [-0.1, -0.05) is 52.0 Å². The molecule has 102 valence electrons. The first-order chi connectivity index (χ1) is 8.43. The van der Waals surface area contributed by atoms with E-state index in [-0.39, 0.29) is 5.41 Å². The van der Waals surface area contributed by atoms with Gasteiger partial charge in [0.15, 0.2) is 0 Å². The molecule has 0 radical (unpaired) electrons. The summed E-state index contributed by atoms with van der Waals surface area (Å²) >= 11 is 0. The highest BCUT2D eigenvalue weighted by Gasteiger charge is 2.12. The van der Waals surface area contributed by atoms with Crippen LogP contribution in [0.25, 0.3) is 0 Å². The minimum Gasteiger partial charge on any atom is -0.315 e. The van der Waals surface area contributed by atoms with Crippen molar-refractivity contribution in [2.45, 2.75) is 65.3 Å². The molecule has 1 nitrogen and oxygen atoms in total. The third-order valence-electron chi connectivity index (χ3n) is 3.48. The summed E-state index contributed by atoms with van der Waals surface area (Å²) in [6.07, 6.45) is 3.72. The summed E-state index contributed by atoms with van der Waals surface area (Å²) in [7, 11) is 0. The molecule has 0 aromatic heterocycles. The molecule has 0 saturated heterocycles. The van der Waals surface area contributed by atoms with Crippen LogP contribution in [0.5, 0.6) is 0 Å². The van der Waals surface area contributed by atoms with Gasteiger partial charge in [0.25, 0.3) is 0 Å². The Morgan fingerprint density at radius 3 is 2.22 bits per heavy atom. The molecule has 1 unspecified atom stereocenters. The quantitative estimate of drug-likeness (QED) is 0.790. The standard InChI is InChI=1S/C17H29N/c1-6-18-14(2)8-7-9-15-10-12-16(13-11-15)17(3,4)5/h10-14,18H,6-9H2,1-5H3. The summed E-state index contributed by atoms with van der Waals surface area (Å²) in [6, 6.07) is 9.78. The average molecular weight is 247 g/mol.